The van der Waals surface area contributed by atoms with Gasteiger partial charge in [0.15, 0.2) is 12.1 Å². The number of amides is 2. The second kappa shape index (κ2) is 6.21. The number of benzene rings is 2. The first-order chi connectivity index (χ1) is 12.5. The van der Waals surface area contributed by atoms with Gasteiger partial charge in [0.05, 0.1) is 12.2 Å². The molecule has 2 aromatic rings. The third-order valence-corrected chi connectivity index (χ3v) is 5.03. The van der Waals surface area contributed by atoms with Crippen LogP contribution in [0.5, 0.6) is 0 Å². The Kier molecular flexibility index (Phi) is 4.00. The van der Waals surface area contributed by atoms with E-state index in [1.807, 2.05) is 26.0 Å². The molecule has 6 nitrogen and oxygen atoms in total. The van der Waals surface area contributed by atoms with Crippen LogP contribution in [0.3, 0.4) is 0 Å². The van der Waals surface area contributed by atoms with Crippen LogP contribution in [0, 0.1) is 13.8 Å². The van der Waals surface area contributed by atoms with Crippen LogP contribution in [0.2, 0.25) is 5.02 Å². The van der Waals surface area contributed by atoms with E-state index in [9.17, 15) is 9.59 Å². The van der Waals surface area contributed by atoms with E-state index in [1.165, 1.54) is 4.90 Å². The molecule has 2 heterocycles. The van der Waals surface area contributed by atoms with Crippen LogP contribution < -0.4 is 4.90 Å². The summed E-state index contributed by atoms with van der Waals surface area (Å²) in [5.74, 6) is -0.660. The molecule has 2 atom stereocenters. The number of rotatable bonds is 3. The highest BCUT2D eigenvalue weighted by atomic mass is 35.5. The third kappa shape index (κ3) is 2.66. The molecule has 1 saturated heterocycles. The molecule has 4 rings (SSSR count). The molecular formula is C19H17ClN4O2. The molecule has 0 saturated carbocycles. The SMILES string of the molecule is Cc1ccc(C)c(CN2N=N[C@@H]3C(=O)N(c4ccc(Cl)cc4)C(=O)[C@H]32)c1. The summed E-state index contributed by atoms with van der Waals surface area (Å²) in [4.78, 5) is 26.8. The lowest BCUT2D eigenvalue weighted by Crippen LogP contribution is -2.39. The number of imide groups is 1. The maximum Gasteiger partial charge on any atom is 0.263 e. The molecule has 7 heteroatoms. The predicted molar refractivity (Wildman–Crippen MR) is 97.8 cm³/mol. The zero-order chi connectivity index (χ0) is 18.4. The average molecular weight is 369 g/mol. The van der Waals surface area contributed by atoms with Gasteiger partial charge in [-0.3, -0.25) is 14.6 Å². The van der Waals surface area contributed by atoms with Gasteiger partial charge in [0, 0.05) is 5.02 Å². The molecule has 0 N–H and O–H groups in total. The fraction of sp³-hybridized carbons (Fsp3) is 0.263. The number of anilines is 1. The van der Waals surface area contributed by atoms with E-state index in [2.05, 4.69) is 16.4 Å². The van der Waals surface area contributed by atoms with Crippen molar-refractivity contribution in [1.29, 1.82) is 0 Å². The van der Waals surface area contributed by atoms with Gasteiger partial charge in [0.2, 0.25) is 0 Å². The summed E-state index contributed by atoms with van der Waals surface area (Å²) in [5, 5.41) is 10.3. The van der Waals surface area contributed by atoms with E-state index >= 15 is 0 Å². The first-order valence-corrected chi connectivity index (χ1v) is 8.70. The van der Waals surface area contributed by atoms with Gasteiger partial charge in [0.1, 0.15) is 0 Å². The van der Waals surface area contributed by atoms with Crippen LogP contribution in [0.25, 0.3) is 0 Å². The molecule has 0 aromatic heterocycles. The van der Waals surface area contributed by atoms with Gasteiger partial charge in [-0.15, -0.1) is 0 Å². The zero-order valence-corrected chi connectivity index (χ0v) is 15.1. The highest BCUT2D eigenvalue weighted by molar-refractivity contribution is 6.31. The van der Waals surface area contributed by atoms with Crippen LogP contribution in [-0.2, 0) is 16.1 Å². The fourth-order valence-corrected chi connectivity index (χ4v) is 3.47. The first-order valence-electron chi connectivity index (χ1n) is 8.32. The Balaban J connectivity index is 1.62. The second-order valence-corrected chi connectivity index (χ2v) is 7.05. The summed E-state index contributed by atoms with van der Waals surface area (Å²) < 4.78 is 0. The summed E-state index contributed by atoms with van der Waals surface area (Å²) in [7, 11) is 0. The number of nitrogens with zero attached hydrogens (tertiary/aromatic N) is 4. The van der Waals surface area contributed by atoms with Crippen LogP contribution >= 0.6 is 11.6 Å². The molecule has 2 amide bonds. The van der Waals surface area contributed by atoms with Crippen LogP contribution in [0.15, 0.2) is 52.8 Å². The monoisotopic (exact) mass is 368 g/mol. The second-order valence-electron chi connectivity index (χ2n) is 6.61. The number of hydrogen-bond donors (Lipinski definition) is 0. The maximum absolute atomic E-state index is 12.9. The van der Waals surface area contributed by atoms with E-state index in [-0.39, 0.29) is 11.8 Å². The van der Waals surface area contributed by atoms with Gasteiger partial charge in [-0.05, 0) is 49.2 Å². The highest BCUT2D eigenvalue weighted by Gasteiger charge is 2.54. The lowest BCUT2D eigenvalue weighted by molar-refractivity contribution is -0.123. The topological polar surface area (TPSA) is 65.3 Å². The van der Waals surface area contributed by atoms with E-state index in [4.69, 9.17) is 11.6 Å². The van der Waals surface area contributed by atoms with Gasteiger partial charge >= 0.3 is 0 Å². The largest absolute Gasteiger partial charge is 0.271 e. The Morgan fingerprint density at radius 1 is 1.04 bits per heavy atom. The lowest BCUT2D eigenvalue weighted by atomic mass is 10.0. The minimum atomic E-state index is -0.789. The molecule has 0 unspecified atom stereocenters. The van der Waals surface area contributed by atoms with Crippen molar-refractivity contribution in [3.63, 3.8) is 0 Å². The van der Waals surface area contributed by atoms with Gasteiger partial charge in [0.25, 0.3) is 11.8 Å². The summed E-state index contributed by atoms with van der Waals surface area (Å²) >= 11 is 5.90. The van der Waals surface area contributed by atoms with Crippen molar-refractivity contribution in [2.75, 3.05) is 4.90 Å². The van der Waals surface area contributed by atoms with Gasteiger partial charge in [-0.1, -0.05) is 40.6 Å². The molecule has 1 fully saturated rings. The summed E-state index contributed by atoms with van der Waals surface area (Å²) in [5.41, 5.74) is 3.81. The normalized spacial score (nSPS) is 21.7. The molecule has 0 aliphatic carbocycles. The molecule has 0 spiro atoms. The Labute approximate surface area is 156 Å². The van der Waals surface area contributed by atoms with Crippen molar-refractivity contribution in [3.05, 3.63) is 64.2 Å². The van der Waals surface area contributed by atoms with Crippen molar-refractivity contribution < 1.29 is 9.59 Å². The minimum absolute atomic E-state index is 0.308. The quantitative estimate of drug-likeness (QED) is 0.779. The highest BCUT2D eigenvalue weighted by Crippen LogP contribution is 2.33. The zero-order valence-electron chi connectivity index (χ0n) is 14.4. The summed E-state index contributed by atoms with van der Waals surface area (Å²) in [6, 6.07) is 11.3. The van der Waals surface area contributed by atoms with E-state index < -0.39 is 12.1 Å². The molecule has 132 valence electrons. The Hall–Kier alpha value is -2.73. The Morgan fingerprint density at radius 2 is 1.77 bits per heavy atom. The van der Waals surface area contributed by atoms with Gasteiger partial charge < -0.3 is 0 Å². The number of carbonyl (C=O) groups excluding carboxylic acids is 2. The molecule has 0 bridgehead atoms. The molecule has 2 aliphatic rings. The van der Waals surface area contributed by atoms with Crippen molar-refractivity contribution in [2.45, 2.75) is 32.5 Å². The van der Waals surface area contributed by atoms with Gasteiger partial charge in [-0.2, -0.15) is 5.11 Å². The number of halogens is 1. The standard InChI is InChI=1S/C19H17ClN4O2/c1-11-3-4-12(2)13(9-11)10-23-17-16(21-22-23)18(25)24(19(17)26)15-7-5-14(20)6-8-15/h3-9,16-17H,10H2,1-2H3/t16-,17-/m0/s1. The van der Waals surface area contributed by atoms with E-state index in [1.54, 1.807) is 29.3 Å². The minimum Gasteiger partial charge on any atom is -0.271 e. The average Bonchev–Trinajstić information content (AvgIpc) is 3.13. The van der Waals surface area contributed by atoms with Crippen LogP contribution in [0.4, 0.5) is 5.69 Å². The maximum atomic E-state index is 12.9. The number of fused-ring (bicyclic) bond motifs is 1. The third-order valence-electron chi connectivity index (χ3n) is 4.78. The summed E-state index contributed by atoms with van der Waals surface area (Å²) in [6.45, 7) is 4.47. The fourth-order valence-electron chi connectivity index (χ4n) is 3.34. The smallest absolute Gasteiger partial charge is 0.263 e. The Bertz CT molecular complexity index is 926. The molecular weight excluding hydrogens is 352 g/mol. The van der Waals surface area contributed by atoms with E-state index in [0.717, 1.165) is 16.7 Å². The molecule has 2 aliphatic heterocycles. The number of hydrogen-bond acceptors (Lipinski definition) is 5. The first kappa shape index (κ1) is 16.7. The van der Waals surface area contributed by atoms with E-state index in [0.29, 0.717) is 17.3 Å². The van der Waals surface area contributed by atoms with Crippen LogP contribution in [0.1, 0.15) is 16.7 Å². The van der Waals surface area contributed by atoms with Gasteiger partial charge in [-0.25, -0.2) is 4.90 Å². The molecule has 2 aromatic carbocycles. The number of aryl methyl sites for hydroxylation is 2. The summed E-state index contributed by atoms with van der Waals surface area (Å²) in [6.07, 6.45) is 0. The number of carbonyl (C=O) groups is 2. The molecule has 26 heavy (non-hydrogen) atoms. The molecule has 0 radical (unpaired) electrons. The van der Waals surface area contributed by atoms with Crippen molar-refractivity contribution >= 4 is 29.1 Å². The van der Waals surface area contributed by atoms with Crippen molar-refractivity contribution in [2.24, 2.45) is 10.3 Å². The van der Waals surface area contributed by atoms with Crippen LogP contribution in [-0.4, -0.2) is 28.9 Å². The predicted octanol–water partition coefficient (Wildman–Crippen LogP) is 3.45. The van der Waals surface area contributed by atoms with Crippen molar-refractivity contribution in [3.8, 4) is 0 Å². The van der Waals surface area contributed by atoms with Crippen molar-refractivity contribution in [1.82, 2.24) is 5.01 Å². The lowest BCUT2D eigenvalue weighted by Gasteiger charge is -2.21. The Morgan fingerprint density at radius 3 is 2.50 bits per heavy atom.